The second-order valence-corrected chi connectivity index (χ2v) is 5.33. The van der Waals surface area contributed by atoms with Gasteiger partial charge in [0.05, 0.1) is 18.2 Å². The van der Waals surface area contributed by atoms with E-state index in [0.717, 1.165) is 29.9 Å². The van der Waals surface area contributed by atoms with Crippen LogP contribution in [0.5, 0.6) is 5.75 Å². The van der Waals surface area contributed by atoms with Gasteiger partial charge < -0.3 is 10.1 Å². The van der Waals surface area contributed by atoms with Gasteiger partial charge in [-0.1, -0.05) is 18.2 Å². The van der Waals surface area contributed by atoms with E-state index >= 15 is 0 Å². The standard InChI is InChI=1S/C19H16N2O2/c20-12-15-2-1-3-16(10-15)13-21-19(22)7-5-14-4-6-18-17(11-14)8-9-23-18/h1-7,10-11H,8-9,13H2,(H,21,22)/b7-5+. The second-order valence-electron chi connectivity index (χ2n) is 5.33. The number of nitrogens with zero attached hydrogens (tertiary/aromatic N) is 1. The lowest BCUT2D eigenvalue weighted by Gasteiger charge is -2.03. The summed E-state index contributed by atoms with van der Waals surface area (Å²) in [6, 6.07) is 15.2. The van der Waals surface area contributed by atoms with Crippen LogP contribution >= 0.6 is 0 Å². The maximum Gasteiger partial charge on any atom is 0.244 e. The first-order valence-corrected chi connectivity index (χ1v) is 7.45. The van der Waals surface area contributed by atoms with Crippen LogP contribution in [-0.4, -0.2) is 12.5 Å². The average molecular weight is 304 g/mol. The highest BCUT2D eigenvalue weighted by molar-refractivity contribution is 5.91. The van der Waals surface area contributed by atoms with E-state index in [4.69, 9.17) is 10.00 Å². The molecular weight excluding hydrogens is 288 g/mol. The summed E-state index contributed by atoms with van der Waals surface area (Å²) in [6.07, 6.45) is 4.23. The van der Waals surface area contributed by atoms with Crippen molar-refractivity contribution in [3.05, 3.63) is 70.8 Å². The third-order valence-electron chi connectivity index (χ3n) is 3.66. The van der Waals surface area contributed by atoms with Crippen molar-refractivity contribution in [1.29, 1.82) is 5.26 Å². The molecule has 0 aliphatic carbocycles. The van der Waals surface area contributed by atoms with Gasteiger partial charge in [0.15, 0.2) is 0 Å². The molecule has 0 radical (unpaired) electrons. The molecule has 23 heavy (non-hydrogen) atoms. The van der Waals surface area contributed by atoms with Crippen LogP contribution in [0, 0.1) is 11.3 Å². The first kappa shape index (κ1) is 14.9. The minimum absolute atomic E-state index is 0.163. The Bertz CT molecular complexity index is 803. The number of carbonyl (C=O) groups excluding carboxylic acids is 1. The summed E-state index contributed by atoms with van der Waals surface area (Å²) in [4.78, 5) is 11.9. The van der Waals surface area contributed by atoms with Gasteiger partial charge in [-0.2, -0.15) is 5.26 Å². The molecule has 114 valence electrons. The number of carbonyl (C=O) groups is 1. The predicted molar refractivity (Wildman–Crippen MR) is 87.7 cm³/mol. The lowest BCUT2D eigenvalue weighted by atomic mass is 10.1. The van der Waals surface area contributed by atoms with Gasteiger partial charge in [-0.25, -0.2) is 0 Å². The fourth-order valence-electron chi connectivity index (χ4n) is 2.48. The number of benzene rings is 2. The number of nitriles is 1. The molecule has 1 aliphatic rings. The molecule has 2 aromatic carbocycles. The average Bonchev–Trinajstić information content (AvgIpc) is 3.06. The smallest absolute Gasteiger partial charge is 0.244 e. The van der Waals surface area contributed by atoms with Crippen LogP contribution in [0.15, 0.2) is 48.5 Å². The van der Waals surface area contributed by atoms with Crippen molar-refractivity contribution in [1.82, 2.24) is 5.32 Å². The molecule has 1 heterocycles. The fraction of sp³-hybridized carbons (Fsp3) is 0.158. The molecule has 0 fully saturated rings. The molecule has 1 aliphatic heterocycles. The van der Waals surface area contributed by atoms with Crippen LogP contribution in [0.4, 0.5) is 0 Å². The van der Waals surface area contributed by atoms with E-state index < -0.39 is 0 Å². The predicted octanol–water partition coefficient (Wildman–Crippen LogP) is 2.82. The first-order chi connectivity index (χ1) is 11.2. The highest BCUT2D eigenvalue weighted by Crippen LogP contribution is 2.26. The summed E-state index contributed by atoms with van der Waals surface area (Å²) in [5.74, 6) is 0.771. The Morgan fingerprint density at radius 3 is 3.09 bits per heavy atom. The van der Waals surface area contributed by atoms with Gasteiger partial charge in [-0.05, 0) is 47.0 Å². The van der Waals surface area contributed by atoms with Crippen LogP contribution in [0.3, 0.4) is 0 Å². The van der Waals surface area contributed by atoms with E-state index in [0.29, 0.717) is 12.1 Å². The van der Waals surface area contributed by atoms with Crippen molar-refractivity contribution in [2.75, 3.05) is 6.61 Å². The molecule has 0 bridgehead atoms. The number of amides is 1. The molecule has 0 atom stereocenters. The van der Waals surface area contributed by atoms with Crippen molar-refractivity contribution in [2.45, 2.75) is 13.0 Å². The highest BCUT2D eigenvalue weighted by atomic mass is 16.5. The van der Waals surface area contributed by atoms with Crippen LogP contribution in [0.25, 0.3) is 6.08 Å². The van der Waals surface area contributed by atoms with Gasteiger partial charge in [0.2, 0.25) is 5.91 Å². The zero-order valence-corrected chi connectivity index (χ0v) is 12.6. The van der Waals surface area contributed by atoms with Gasteiger partial charge in [-0.15, -0.1) is 0 Å². The van der Waals surface area contributed by atoms with Gasteiger partial charge in [0, 0.05) is 19.0 Å². The summed E-state index contributed by atoms with van der Waals surface area (Å²) >= 11 is 0. The Kier molecular flexibility index (Phi) is 4.39. The van der Waals surface area contributed by atoms with Crippen LogP contribution in [0.1, 0.15) is 22.3 Å². The zero-order chi connectivity index (χ0) is 16.1. The summed E-state index contributed by atoms with van der Waals surface area (Å²) in [6.45, 7) is 1.13. The SMILES string of the molecule is N#Cc1cccc(CNC(=O)/C=C/c2ccc3c(c2)CCO3)c1. The van der Waals surface area contributed by atoms with Crippen molar-refractivity contribution >= 4 is 12.0 Å². The molecule has 4 nitrogen and oxygen atoms in total. The van der Waals surface area contributed by atoms with Crippen molar-refractivity contribution in [2.24, 2.45) is 0 Å². The number of rotatable bonds is 4. The Hall–Kier alpha value is -3.06. The number of nitrogens with one attached hydrogen (secondary N) is 1. The van der Waals surface area contributed by atoms with Crippen molar-refractivity contribution < 1.29 is 9.53 Å². The number of hydrogen-bond acceptors (Lipinski definition) is 3. The van der Waals surface area contributed by atoms with Gasteiger partial charge in [0.25, 0.3) is 0 Å². The number of ether oxygens (including phenoxy) is 1. The molecule has 2 aromatic rings. The largest absolute Gasteiger partial charge is 0.493 e. The third kappa shape index (κ3) is 3.78. The van der Waals surface area contributed by atoms with E-state index in [2.05, 4.69) is 11.4 Å². The molecule has 0 saturated carbocycles. The van der Waals surface area contributed by atoms with Gasteiger partial charge in [0.1, 0.15) is 5.75 Å². The van der Waals surface area contributed by atoms with Crippen molar-refractivity contribution in [3.63, 3.8) is 0 Å². The molecule has 3 rings (SSSR count). The monoisotopic (exact) mass is 304 g/mol. The summed E-state index contributed by atoms with van der Waals surface area (Å²) < 4.78 is 5.46. The molecule has 0 unspecified atom stereocenters. The Morgan fingerprint density at radius 1 is 1.30 bits per heavy atom. The Balaban J connectivity index is 1.57. The zero-order valence-electron chi connectivity index (χ0n) is 12.6. The summed E-state index contributed by atoms with van der Waals surface area (Å²) in [5.41, 5.74) is 3.66. The molecule has 4 heteroatoms. The second kappa shape index (κ2) is 6.80. The molecule has 0 spiro atoms. The molecule has 0 aromatic heterocycles. The summed E-state index contributed by atoms with van der Waals surface area (Å²) in [5, 5.41) is 11.7. The van der Waals surface area contributed by atoms with Crippen LogP contribution in [0.2, 0.25) is 0 Å². The van der Waals surface area contributed by atoms with E-state index in [9.17, 15) is 4.79 Å². The fourth-order valence-corrected chi connectivity index (χ4v) is 2.48. The summed E-state index contributed by atoms with van der Waals surface area (Å²) in [7, 11) is 0. The van der Waals surface area contributed by atoms with Crippen molar-refractivity contribution in [3.8, 4) is 11.8 Å². The van der Waals surface area contributed by atoms with Crippen LogP contribution < -0.4 is 10.1 Å². The minimum Gasteiger partial charge on any atom is -0.493 e. The van der Waals surface area contributed by atoms with Gasteiger partial charge in [-0.3, -0.25) is 4.79 Å². The Labute approximate surface area is 135 Å². The minimum atomic E-state index is -0.163. The molecular formula is C19H16N2O2. The maximum atomic E-state index is 11.9. The lowest BCUT2D eigenvalue weighted by Crippen LogP contribution is -2.20. The molecule has 1 amide bonds. The van der Waals surface area contributed by atoms with Gasteiger partial charge >= 0.3 is 0 Å². The number of fused-ring (bicyclic) bond motifs is 1. The normalized spacial score (nSPS) is 12.5. The van der Waals surface area contributed by atoms with Crippen LogP contribution in [-0.2, 0) is 17.8 Å². The van der Waals surface area contributed by atoms with E-state index in [1.165, 1.54) is 11.6 Å². The highest BCUT2D eigenvalue weighted by Gasteiger charge is 2.11. The lowest BCUT2D eigenvalue weighted by molar-refractivity contribution is -0.116. The first-order valence-electron chi connectivity index (χ1n) is 7.45. The van der Waals surface area contributed by atoms with E-state index in [1.807, 2.05) is 30.3 Å². The molecule has 0 saturated heterocycles. The topological polar surface area (TPSA) is 62.1 Å². The maximum absolute atomic E-state index is 11.9. The van der Waals surface area contributed by atoms with E-state index in [1.54, 1.807) is 18.2 Å². The third-order valence-corrected chi connectivity index (χ3v) is 3.66. The quantitative estimate of drug-likeness (QED) is 0.884. The Morgan fingerprint density at radius 2 is 2.22 bits per heavy atom. The molecule has 1 N–H and O–H groups in total. The van der Waals surface area contributed by atoms with E-state index in [-0.39, 0.29) is 5.91 Å². The number of hydrogen-bond donors (Lipinski definition) is 1.